The van der Waals surface area contributed by atoms with Crippen LogP contribution in [0.3, 0.4) is 0 Å². The van der Waals surface area contributed by atoms with Crippen molar-refractivity contribution >= 4 is 66.2 Å². The second-order valence-electron chi connectivity index (χ2n) is 7.98. The molecule has 2 aromatic heterocycles. The summed E-state index contributed by atoms with van der Waals surface area (Å²) in [5.74, 6) is 0.376. The molecule has 0 bridgehead atoms. The number of thiazole rings is 1. The van der Waals surface area contributed by atoms with Crippen LogP contribution >= 0.6 is 11.3 Å². The molecule has 0 spiro atoms. The van der Waals surface area contributed by atoms with E-state index < -0.39 is 10.0 Å². The van der Waals surface area contributed by atoms with Crippen molar-refractivity contribution in [2.75, 3.05) is 43.0 Å². The van der Waals surface area contributed by atoms with Gasteiger partial charge in [0, 0.05) is 49.8 Å². The molecule has 1 saturated heterocycles. The third kappa shape index (κ3) is 5.10. The summed E-state index contributed by atoms with van der Waals surface area (Å²) < 4.78 is 28.3. The maximum Gasteiger partial charge on any atom is 0.245 e. The molecular formula is C23H24N8O2S2. The molecule has 2 aromatic carbocycles. The van der Waals surface area contributed by atoms with Crippen LogP contribution in [-0.4, -0.2) is 53.9 Å². The van der Waals surface area contributed by atoms with Crippen molar-refractivity contribution < 1.29 is 8.42 Å². The van der Waals surface area contributed by atoms with Gasteiger partial charge >= 0.3 is 0 Å². The van der Waals surface area contributed by atoms with Gasteiger partial charge in [0.1, 0.15) is 4.90 Å². The molecule has 12 heteroatoms. The lowest BCUT2D eigenvalue weighted by Crippen LogP contribution is -2.46. The third-order valence-corrected chi connectivity index (χ3v) is 8.35. The molecule has 1 aliphatic heterocycles. The minimum atomic E-state index is -3.64. The van der Waals surface area contributed by atoms with Crippen LogP contribution in [0.4, 0.5) is 22.5 Å². The lowest BCUT2D eigenvalue weighted by molar-refractivity contribution is 0.360. The van der Waals surface area contributed by atoms with Gasteiger partial charge in [0.05, 0.1) is 15.9 Å². The fourth-order valence-corrected chi connectivity index (χ4v) is 6.08. The van der Waals surface area contributed by atoms with E-state index in [0.29, 0.717) is 42.9 Å². The first-order chi connectivity index (χ1) is 16.9. The topological polar surface area (TPSA) is 152 Å². The van der Waals surface area contributed by atoms with Crippen molar-refractivity contribution in [1.29, 1.82) is 0 Å². The molecule has 0 aliphatic carbocycles. The Kier molecular flexibility index (Phi) is 6.34. The molecule has 0 unspecified atom stereocenters. The lowest BCUT2D eigenvalue weighted by Gasteiger charge is -2.27. The molecular weight excluding hydrogens is 484 g/mol. The zero-order chi connectivity index (χ0) is 24.4. The minimum absolute atomic E-state index is 0.102. The van der Waals surface area contributed by atoms with Crippen LogP contribution < -0.4 is 22.1 Å². The number of sulfonamides is 1. The van der Waals surface area contributed by atoms with Gasteiger partial charge in [-0.15, -0.1) is 0 Å². The van der Waals surface area contributed by atoms with Gasteiger partial charge in [-0.25, -0.2) is 23.4 Å². The number of anilines is 4. The summed E-state index contributed by atoms with van der Waals surface area (Å²) >= 11 is 1.45. The highest BCUT2D eigenvalue weighted by atomic mass is 32.2. The minimum Gasteiger partial charge on any atom is -0.398 e. The maximum atomic E-state index is 12.9. The fraction of sp³-hybridized carbons (Fsp3) is 0.174. The Balaban J connectivity index is 1.26. The normalized spacial score (nSPS) is 15.1. The highest BCUT2D eigenvalue weighted by Crippen LogP contribution is 2.27. The van der Waals surface area contributed by atoms with Gasteiger partial charge in [0.25, 0.3) is 0 Å². The van der Waals surface area contributed by atoms with Crippen LogP contribution in [0.1, 0.15) is 11.1 Å². The van der Waals surface area contributed by atoms with Gasteiger partial charge in [-0.05, 0) is 35.9 Å². The molecule has 0 atom stereocenters. The predicted molar refractivity (Wildman–Crippen MR) is 141 cm³/mol. The molecule has 1 aliphatic rings. The van der Waals surface area contributed by atoms with E-state index in [1.807, 2.05) is 30.4 Å². The Morgan fingerprint density at radius 2 is 1.74 bits per heavy atom. The van der Waals surface area contributed by atoms with Crippen LogP contribution in [0.5, 0.6) is 0 Å². The van der Waals surface area contributed by atoms with Gasteiger partial charge in [-0.2, -0.15) is 4.31 Å². The maximum absolute atomic E-state index is 12.9. The largest absolute Gasteiger partial charge is 0.398 e. The van der Waals surface area contributed by atoms with E-state index in [9.17, 15) is 8.42 Å². The second-order valence-corrected chi connectivity index (χ2v) is 11.0. The van der Waals surface area contributed by atoms with Crippen LogP contribution in [-0.2, 0) is 10.0 Å². The molecule has 180 valence electrons. The highest BCUT2D eigenvalue weighted by Gasteiger charge is 2.27. The lowest BCUT2D eigenvalue weighted by atomic mass is 10.2. The SMILES string of the molecule is Nc1nc2ccc(/C=C/c3cnc(Nc4ccc(S(=O)(=O)N5CCNCC5)c(N)c4)nc3)cc2s1. The van der Waals surface area contributed by atoms with Gasteiger partial charge in [0.15, 0.2) is 5.13 Å². The van der Waals surface area contributed by atoms with Crippen molar-refractivity contribution in [1.82, 2.24) is 24.6 Å². The fourth-order valence-electron chi connectivity index (χ4n) is 3.76. The number of hydrogen-bond donors (Lipinski definition) is 4. The van der Waals surface area contributed by atoms with Gasteiger partial charge in [0.2, 0.25) is 16.0 Å². The number of aromatic nitrogens is 3. The molecule has 6 N–H and O–H groups in total. The van der Waals surface area contributed by atoms with Crippen LogP contribution in [0.2, 0.25) is 0 Å². The molecule has 5 rings (SSSR count). The Morgan fingerprint density at radius 3 is 2.49 bits per heavy atom. The molecule has 35 heavy (non-hydrogen) atoms. The Morgan fingerprint density at radius 1 is 1.00 bits per heavy atom. The van der Waals surface area contributed by atoms with Crippen molar-refractivity contribution in [3.05, 3.63) is 59.9 Å². The zero-order valence-electron chi connectivity index (χ0n) is 18.7. The number of benzene rings is 2. The number of nitrogens with two attached hydrogens (primary N) is 2. The van der Waals surface area contributed by atoms with Crippen molar-refractivity contribution in [3.8, 4) is 0 Å². The number of hydrogen-bond acceptors (Lipinski definition) is 10. The molecule has 10 nitrogen and oxygen atoms in total. The summed E-state index contributed by atoms with van der Waals surface area (Å²) in [5, 5.41) is 6.76. The smallest absolute Gasteiger partial charge is 0.245 e. The monoisotopic (exact) mass is 508 g/mol. The van der Waals surface area contributed by atoms with Crippen molar-refractivity contribution in [2.45, 2.75) is 4.90 Å². The van der Waals surface area contributed by atoms with Crippen molar-refractivity contribution in [2.24, 2.45) is 0 Å². The number of rotatable bonds is 6. The summed E-state index contributed by atoms with van der Waals surface area (Å²) in [6.07, 6.45) is 7.28. The molecule has 3 heterocycles. The number of fused-ring (bicyclic) bond motifs is 1. The van der Waals surface area contributed by atoms with Gasteiger partial charge < -0.3 is 22.1 Å². The summed E-state index contributed by atoms with van der Waals surface area (Å²) in [6, 6.07) is 10.7. The first kappa shape index (κ1) is 23.2. The van der Waals surface area contributed by atoms with E-state index in [-0.39, 0.29) is 10.6 Å². The number of nitrogens with zero attached hydrogens (tertiary/aromatic N) is 4. The summed E-state index contributed by atoms with van der Waals surface area (Å²) in [6.45, 7) is 2.09. The number of piperazine rings is 1. The quantitative estimate of drug-likeness (QED) is 0.288. The summed E-state index contributed by atoms with van der Waals surface area (Å²) in [5.41, 5.74) is 15.4. The standard InChI is InChI=1S/C23H24N8O2S2/c24-18-12-17(4-6-21(18)35(32,33)31-9-7-26-8-10-31)29-23-27-13-16(14-28-23)2-1-15-3-5-19-20(11-15)34-22(25)30-19/h1-6,11-14,26H,7-10,24H2,(H2,25,30)(H,27,28,29)/b2-1+. The van der Waals surface area contributed by atoms with E-state index in [0.717, 1.165) is 21.3 Å². The molecule has 0 amide bonds. The molecule has 1 fully saturated rings. The third-order valence-electron chi connectivity index (χ3n) is 5.53. The van der Waals surface area contributed by atoms with Gasteiger partial charge in [-0.1, -0.05) is 29.6 Å². The Hall–Kier alpha value is -3.58. The van der Waals surface area contributed by atoms with E-state index >= 15 is 0 Å². The van der Waals surface area contributed by atoms with Crippen molar-refractivity contribution in [3.63, 3.8) is 0 Å². The summed E-state index contributed by atoms with van der Waals surface area (Å²) in [7, 11) is -3.64. The average molecular weight is 509 g/mol. The highest BCUT2D eigenvalue weighted by molar-refractivity contribution is 7.89. The first-order valence-electron chi connectivity index (χ1n) is 10.9. The van der Waals surface area contributed by atoms with E-state index in [4.69, 9.17) is 11.5 Å². The van der Waals surface area contributed by atoms with E-state index in [1.54, 1.807) is 24.5 Å². The molecule has 0 saturated carbocycles. The van der Waals surface area contributed by atoms with Crippen LogP contribution in [0.15, 0.2) is 53.7 Å². The number of nitrogens with one attached hydrogen (secondary N) is 2. The zero-order valence-corrected chi connectivity index (χ0v) is 20.3. The van der Waals surface area contributed by atoms with E-state index in [1.165, 1.54) is 21.7 Å². The van der Waals surface area contributed by atoms with E-state index in [2.05, 4.69) is 25.6 Å². The van der Waals surface area contributed by atoms with Gasteiger partial charge in [-0.3, -0.25) is 0 Å². The first-order valence-corrected chi connectivity index (χ1v) is 13.2. The second kappa shape index (κ2) is 9.58. The predicted octanol–water partition coefficient (Wildman–Crippen LogP) is 2.76. The molecule has 0 radical (unpaired) electrons. The molecule has 4 aromatic rings. The number of nitrogen functional groups attached to an aromatic ring is 2. The summed E-state index contributed by atoms with van der Waals surface area (Å²) in [4.78, 5) is 13.0. The average Bonchev–Trinajstić information content (AvgIpc) is 3.23. The Bertz CT molecular complexity index is 1490. The Labute approximate surface area is 206 Å². The van der Waals surface area contributed by atoms with Crippen LogP contribution in [0.25, 0.3) is 22.4 Å². The van der Waals surface area contributed by atoms with Crippen LogP contribution in [0, 0.1) is 0 Å².